The molecule has 198 valence electrons. The van der Waals surface area contributed by atoms with E-state index in [4.69, 9.17) is 14.2 Å². The summed E-state index contributed by atoms with van der Waals surface area (Å²) in [5.74, 6) is 2.13. The summed E-state index contributed by atoms with van der Waals surface area (Å²) in [5.41, 5.74) is 6.34. The van der Waals surface area contributed by atoms with Crippen molar-refractivity contribution in [3.05, 3.63) is 77.0 Å². The minimum Gasteiger partial charge on any atom is -0.493 e. The Morgan fingerprint density at radius 1 is 1.03 bits per heavy atom. The highest BCUT2D eigenvalue weighted by molar-refractivity contribution is 5.98. The third kappa shape index (κ3) is 4.94. The Balaban J connectivity index is 1.49. The summed E-state index contributed by atoms with van der Waals surface area (Å²) in [6.07, 6.45) is 3.18. The van der Waals surface area contributed by atoms with Crippen LogP contribution < -0.4 is 19.5 Å². The van der Waals surface area contributed by atoms with E-state index in [2.05, 4.69) is 24.1 Å². The lowest BCUT2D eigenvalue weighted by atomic mass is 9.89. The number of para-hydroxylation sites is 1. The fraction of sp³-hybridized carbons (Fsp3) is 0.323. The van der Waals surface area contributed by atoms with E-state index >= 15 is 0 Å². The van der Waals surface area contributed by atoms with E-state index in [1.807, 2.05) is 54.7 Å². The van der Waals surface area contributed by atoms with E-state index < -0.39 is 6.04 Å². The van der Waals surface area contributed by atoms with Gasteiger partial charge in [0.15, 0.2) is 11.5 Å². The van der Waals surface area contributed by atoms with Gasteiger partial charge in [0.25, 0.3) is 5.91 Å². The van der Waals surface area contributed by atoms with Gasteiger partial charge in [-0.15, -0.1) is 0 Å². The van der Waals surface area contributed by atoms with Gasteiger partial charge >= 0.3 is 0 Å². The number of carbonyl (C=O) groups is 1. The number of nitrogens with one attached hydrogen (secondary N) is 2. The van der Waals surface area contributed by atoms with Gasteiger partial charge in [-0.3, -0.25) is 4.79 Å². The maximum Gasteiger partial charge on any atom is 0.251 e. The largest absolute Gasteiger partial charge is 0.493 e. The number of rotatable bonds is 9. The van der Waals surface area contributed by atoms with Gasteiger partial charge in [-0.2, -0.15) is 0 Å². The molecule has 0 spiro atoms. The zero-order chi connectivity index (χ0) is 26.8. The van der Waals surface area contributed by atoms with Crippen LogP contribution in [0.3, 0.4) is 0 Å². The number of methoxy groups -OCH3 is 2. The Labute approximate surface area is 222 Å². The summed E-state index contributed by atoms with van der Waals surface area (Å²) in [5, 5.41) is 14.3. The molecule has 38 heavy (non-hydrogen) atoms. The number of aromatic nitrogens is 1. The number of aromatic amines is 1. The molecular formula is C31H34N2O5. The molecular weight excluding hydrogens is 480 g/mol. The fourth-order valence-electron chi connectivity index (χ4n) is 5.21. The maximum atomic E-state index is 13.7. The molecule has 1 atom stereocenters. The van der Waals surface area contributed by atoms with Gasteiger partial charge in [0.05, 0.1) is 26.9 Å². The van der Waals surface area contributed by atoms with Crippen LogP contribution in [-0.4, -0.2) is 42.9 Å². The highest BCUT2D eigenvalue weighted by Crippen LogP contribution is 2.44. The van der Waals surface area contributed by atoms with Gasteiger partial charge in [-0.05, 0) is 65.8 Å². The first-order chi connectivity index (χ1) is 18.4. The number of aliphatic hydroxyl groups is 1. The van der Waals surface area contributed by atoms with Crippen LogP contribution in [0.1, 0.15) is 40.9 Å². The molecule has 1 aliphatic rings. The van der Waals surface area contributed by atoms with E-state index in [9.17, 15) is 9.90 Å². The molecule has 3 aromatic carbocycles. The molecule has 0 unspecified atom stereocenters. The van der Waals surface area contributed by atoms with E-state index in [-0.39, 0.29) is 12.5 Å². The molecule has 0 radical (unpaired) electrons. The molecule has 1 aliphatic heterocycles. The molecule has 7 nitrogen and oxygen atoms in total. The first kappa shape index (κ1) is 25.7. The van der Waals surface area contributed by atoms with Crippen molar-refractivity contribution in [2.24, 2.45) is 5.92 Å². The Morgan fingerprint density at radius 3 is 2.53 bits per heavy atom. The quantitative estimate of drug-likeness (QED) is 0.283. The van der Waals surface area contributed by atoms with Crippen molar-refractivity contribution < 1.29 is 24.1 Å². The van der Waals surface area contributed by atoms with Gasteiger partial charge in [0.2, 0.25) is 0 Å². The molecule has 2 heterocycles. The number of aliphatic hydroxyl groups excluding tert-OH is 1. The lowest BCUT2D eigenvalue weighted by Crippen LogP contribution is -2.39. The standard InChI is InChI=1S/C31H34N2O5/c1-18(2)9-19-11-28-26(24-14-30(37-4)29(36-3)12-21(24)17-38-28)13-25(19)31(35)33-22(16-34)10-20-15-32-27-8-6-5-7-23(20)27/h5-8,11-15,18,22,32,34H,9-10,16-17H2,1-4H3,(H,33,35)/t22-/m1/s1. The highest BCUT2D eigenvalue weighted by atomic mass is 16.5. The Hall–Kier alpha value is -3.97. The van der Waals surface area contributed by atoms with Crippen LogP contribution in [-0.2, 0) is 19.4 Å². The third-order valence-electron chi connectivity index (χ3n) is 7.06. The van der Waals surface area contributed by atoms with Gasteiger partial charge < -0.3 is 29.6 Å². The predicted octanol–water partition coefficient (Wildman–Crippen LogP) is 5.28. The molecule has 0 saturated heterocycles. The molecule has 4 aromatic rings. The van der Waals surface area contributed by atoms with Crippen LogP contribution in [0.15, 0.2) is 54.7 Å². The van der Waals surface area contributed by atoms with Crippen molar-refractivity contribution in [2.45, 2.75) is 39.3 Å². The van der Waals surface area contributed by atoms with Crippen molar-refractivity contribution in [1.29, 1.82) is 0 Å². The molecule has 1 amide bonds. The van der Waals surface area contributed by atoms with Crippen molar-refractivity contribution >= 4 is 16.8 Å². The number of amides is 1. The topological polar surface area (TPSA) is 92.8 Å². The van der Waals surface area contributed by atoms with E-state index in [1.165, 1.54) is 0 Å². The molecule has 5 rings (SSSR count). The van der Waals surface area contributed by atoms with E-state index in [1.54, 1.807) is 14.2 Å². The van der Waals surface area contributed by atoms with Crippen molar-refractivity contribution in [2.75, 3.05) is 20.8 Å². The summed E-state index contributed by atoms with van der Waals surface area (Å²) in [6, 6.07) is 15.3. The number of hydrogen-bond donors (Lipinski definition) is 3. The fourth-order valence-corrected chi connectivity index (χ4v) is 5.21. The first-order valence-corrected chi connectivity index (χ1v) is 12.9. The summed E-state index contributed by atoms with van der Waals surface area (Å²) in [6.45, 7) is 4.50. The van der Waals surface area contributed by atoms with Gasteiger partial charge in [0.1, 0.15) is 12.4 Å². The van der Waals surface area contributed by atoms with Crippen LogP contribution in [0.4, 0.5) is 0 Å². The number of benzene rings is 3. The Bertz CT molecular complexity index is 1470. The summed E-state index contributed by atoms with van der Waals surface area (Å²) in [7, 11) is 3.22. The Morgan fingerprint density at radius 2 is 1.79 bits per heavy atom. The number of hydrogen-bond acceptors (Lipinski definition) is 5. The average Bonchev–Trinajstić information content (AvgIpc) is 3.33. The molecule has 1 aromatic heterocycles. The molecule has 3 N–H and O–H groups in total. The van der Waals surface area contributed by atoms with Crippen LogP contribution in [0.25, 0.3) is 22.0 Å². The second-order valence-electron chi connectivity index (χ2n) is 10.2. The average molecular weight is 515 g/mol. The van der Waals surface area contributed by atoms with Gasteiger partial charge in [0, 0.05) is 33.8 Å². The first-order valence-electron chi connectivity index (χ1n) is 12.9. The summed E-state index contributed by atoms with van der Waals surface area (Å²) < 4.78 is 17.1. The SMILES string of the molecule is COc1cc2c(cc1OC)-c1cc(C(=O)N[C@@H](CO)Cc3c[nH]c4ccccc34)c(CC(C)C)cc1OC2. The van der Waals surface area contributed by atoms with Gasteiger partial charge in [-0.1, -0.05) is 32.0 Å². The van der Waals surface area contributed by atoms with Crippen LogP contribution in [0.5, 0.6) is 17.2 Å². The lowest BCUT2D eigenvalue weighted by Gasteiger charge is -2.25. The number of H-pyrrole nitrogens is 1. The molecule has 0 bridgehead atoms. The van der Waals surface area contributed by atoms with Crippen LogP contribution in [0, 0.1) is 5.92 Å². The zero-order valence-corrected chi connectivity index (χ0v) is 22.3. The number of carbonyl (C=O) groups excluding carboxylic acids is 1. The molecule has 0 aliphatic carbocycles. The predicted molar refractivity (Wildman–Crippen MR) is 148 cm³/mol. The zero-order valence-electron chi connectivity index (χ0n) is 22.3. The second-order valence-corrected chi connectivity index (χ2v) is 10.2. The van der Waals surface area contributed by atoms with Gasteiger partial charge in [-0.25, -0.2) is 0 Å². The molecule has 0 saturated carbocycles. The monoisotopic (exact) mass is 514 g/mol. The van der Waals surface area contributed by atoms with Crippen molar-refractivity contribution in [3.63, 3.8) is 0 Å². The molecule has 7 heteroatoms. The lowest BCUT2D eigenvalue weighted by molar-refractivity contribution is 0.0915. The minimum absolute atomic E-state index is 0.168. The van der Waals surface area contributed by atoms with Crippen LogP contribution >= 0.6 is 0 Å². The van der Waals surface area contributed by atoms with E-state index in [0.717, 1.165) is 50.9 Å². The normalized spacial score (nSPS) is 13.0. The Kier molecular flexibility index (Phi) is 7.29. The van der Waals surface area contributed by atoms with Crippen molar-refractivity contribution in [1.82, 2.24) is 10.3 Å². The minimum atomic E-state index is -0.433. The molecule has 0 fully saturated rings. The summed E-state index contributed by atoms with van der Waals surface area (Å²) in [4.78, 5) is 17.0. The smallest absolute Gasteiger partial charge is 0.251 e. The van der Waals surface area contributed by atoms with Crippen molar-refractivity contribution in [3.8, 4) is 28.4 Å². The number of ether oxygens (including phenoxy) is 3. The highest BCUT2D eigenvalue weighted by Gasteiger charge is 2.26. The third-order valence-corrected chi connectivity index (χ3v) is 7.06. The second kappa shape index (κ2) is 10.8. The summed E-state index contributed by atoms with van der Waals surface area (Å²) >= 11 is 0. The number of fused-ring (bicyclic) bond motifs is 4. The maximum absolute atomic E-state index is 13.7. The van der Waals surface area contributed by atoms with Crippen LogP contribution in [0.2, 0.25) is 0 Å². The van der Waals surface area contributed by atoms with E-state index in [0.29, 0.717) is 36.0 Å².